The van der Waals surface area contributed by atoms with Gasteiger partial charge in [0.2, 0.25) is 5.91 Å². The van der Waals surface area contributed by atoms with Gasteiger partial charge in [-0.2, -0.15) is 5.10 Å². The maximum absolute atomic E-state index is 11.3. The van der Waals surface area contributed by atoms with Crippen LogP contribution in [0.3, 0.4) is 0 Å². The summed E-state index contributed by atoms with van der Waals surface area (Å²) in [6, 6.07) is 1.42. The Morgan fingerprint density at radius 1 is 1.73 bits per heavy atom. The number of aromatic nitrogens is 2. The van der Waals surface area contributed by atoms with E-state index in [0.29, 0.717) is 6.54 Å². The number of amides is 1. The first kappa shape index (κ1) is 11.9. The average Bonchev–Trinajstić information content (AvgIpc) is 2.19. The van der Waals surface area contributed by atoms with Crippen molar-refractivity contribution in [3.63, 3.8) is 0 Å². The van der Waals surface area contributed by atoms with Crippen LogP contribution < -0.4 is 10.9 Å². The van der Waals surface area contributed by atoms with Gasteiger partial charge in [0.25, 0.3) is 5.56 Å². The molecule has 0 spiro atoms. The Balaban J connectivity index is 2.68. The molecule has 0 aliphatic carbocycles. The third-order valence-electron chi connectivity index (χ3n) is 1.57. The first-order valence-electron chi connectivity index (χ1n) is 4.23. The number of carbonyl (C=O) groups excluding carboxylic acids is 1. The first-order chi connectivity index (χ1) is 7.13. The van der Waals surface area contributed by atoms with Gasteiger partial charge in [-0.05, 0) is 22.6 Å². The summed E-state index contributed by atoms with van der Waals surface area (Å²) in [6.07, 6.45) is 3.10. The van der Waals surface area contributed by atoms with Crippen molar-refractivity contribution in [3.8, 4) is 0 Å². The Bertz CT molecular complexity index is 428. The number of nitrogens with zero attached hydrogens (tertiary/aromatic N) is 2. The molecule has 0 fully saturated rings. The van der Waals surface area contributed by atoms with Gasteiger partial charge in [0, 0.05) is 16.2 Å². The molecule has 1 aromatic rings. The van der Waals surface area contributed by atoms with Crippen LogP contribution in [0.25, 0.3) is 0 Å². The number of halogens is 1. The minimum Gasteiger partial charge on any atom is -0.351 e. The Kier molecular flexibility index (Phi) is 4.47. The Morgan fingerprint density at radius 2 is 2.47 bits per heavy atom. The summed E-state index contributed by atoms with van der Waals surface area (Å²) in [7, 11) is 0. The van der Waals surface area contributed by atoms with E-state index in [4.69, 9.17) is 0 Å². The predicted molar refractivity (Wildman–Crippen MR) is 64.4 cm³/mol. The fourth-order valence-corrected chi connectivity index (χ4v) is 1.30. The molecule has 6 heteroatoms. The molecule has 5 nitrogen and oxygen atoms in total. The molecule has 0 aromatic carbocycles. The van der Waals surface area contributed by atoms with Crippen LogP contribution in [-0.4, -0.2) is 22.2 Å². The van der Waals surface area contributed by atoms with Crippen LogP contribution >= 0.6 is 22.6 Å². The Morgan fingerprint density at radius 3 is 3.07 bits per heavy atom. The van der Waals surface area contributed by atoms with Crippen molar-refractivity contribution < 1.29 is 4.79 Å². The fourth-order valence-electron chi connectivity index (χ4n) is 0.908. The number of hydrogen-bond acceptors (Lipinski definition) is 3. The van der Waals surface area contributed by atoms with E-state index in [2.05, 4.69) is 17.0 Å². The number of hydrogen-bond donors (Lipinski definition) is 1. The van der Waals surface area contributed by atoms with Crippen molar-refractivity contribution in [1.29, 1.82) is 0 Å². The van der Waals surface area contributed by atoms with Gasteiger partial charge in [-0.15, -0.1) is 6.58 Å². The topological polar surface area (TPSA) is 64.0 Å². The zero-order valence-electron chi connectivity index (χ0n) is 7.94. The third kappa shape index (κ3) is 3.82. The second kappa shape index (κ2) is 5.64. The molecule has 0 unspecified atom stereocenters. The lowest BCUT2D eigenvalue weighted by Crippen LogP contribution is -2.33. The van der Waals surface area contributed by atoms with Crippen LogP contribution in [0.2, 0.25) is 0 Å². The molecule has 0 bridgehead atoms. The summed E-state index contributed by atoms with van der Waals surface area (Å²) in [6.45, 7) is 3.79. The maximum atomic E-state index is 11.3. The van der Waals surface area contributed by atoms with Crippen molar-refractivity contribution in [2.45, 2.75) is 6.54 Å². The van der Waals surface area contributed by atoms with Gasteiger partial charge in [0.1, 0.15) is 6.54 Å². The van der Waals surface area contributed by atoms with Crippen LogP contribution in [0.15, 0.2) is 29.7 Å². The van der Waals surface area contributed by atoms with E-state index < -0.39 is 0 Å². The van der Waals surface area contributed by atoms with Crippen molar-refractivity contribution in [2.24, 2.45) is 0 Å². The highest BCUT2D eigenvalue weighted by atomic mass is 127. The molecule has 0 saturated heterocycles. The normalized spacial score (nSPS) is 9.67. The van der Waals surface area contributed by atoms with E-state index in [0.717, 1.165) is 8.25 Å². The molecule has 1 rings (SSSR count). The summed E-state index contributed by atoms with van der Waals surface area (Å²) in [5.74, 6) is -0.259. The van der Waals surface area contributed by atoms with Crippen molar-refractivity contribution in [1.82, 2.24) is 15.1 Å². The smallest absolute Gasteiger partial charge is 0.268 e. The molecule has 0 aliphatic heterocycles. The summed E-state index contributed by atoms with van der Waals surface area (Å²) in [5.41, 5.74) is -0.282. The summed E-state index contributed by atoms with van der Waals surface area (Å²) < 4.78 is 1.86. The molecule has 0 radical (unpaired) electrons. The van der Waals surface area contributed by atoms with Crippen LogP contribution in [0.1, 0.15) is 0 Å². The highest BCUT2D eigenvalue weighted by molar-refractivity contribution is 14.1. The average molecular weight is 319 g/mol. The quantitative estimate of drug-likeness (QED) is 0.635. The second-order valence-electron chi connectivity index (χ2n) is 2.76. The van der Waals surface area contributed by atoms with Gasteiger partial charge in [-0.1, -0.05) is 6.08 Å². The molecule has 0 atom stereocenters. The lowest BCUT2D eigenvalue weighted by molar-refractivity contribution is -0.121. The molecule has 0 aliphatic rings. The lowest BCUT2D eigenvalue weighted by atomic mass is 10.5. The van der Waals surface area contributed by atoms with Gasteiger partial charge in [0.05, 0.1) is 6.20 Å². The first-order valence-corrected chi connectivity index (χ1v) is 5.31. The maximum Gasteiger partial charge on any atom is 0.268 e. The standard InChI is InChI=1S/C9H10IN3O2/c1-2-3-11-8(14)6-13-9(15)4-7(10)5-12-13/h2,4-5H,1,3,6H2,(H,11,14). The SMILES string of the molecule is C=CCNC(=O)Cn1ncc(I)cc1=O. The number of carbonyl (C=O) groups is 1. The molecule has 1 N–H and O–H groups in total. The number of rotatable bonds is 4. The third-order valence-corrected chi connectivity index (χ3v) is 2.16. The van der Waals surface area contributed by atoms with Gasteiger partial charge < -0.3 is 5.32 Å². The molecular weight excluding hydrogens is 309 g/mol. The van der Waals surface area contributed by atoms with Crippen molar-refractivity contribution >= 4 is 28.5 Å². The van der Waals surface area contributed by atoms with Gasteiger partial charge in [0.15, 0.2) is 0 Å². The van der Waals surface area contributed by atoms with E-state index in [-0.39, 0.29) is 18.0 Å². The van der Waals surface area contributed by atoms with E-state index >= 15 is 0 Å². The highest BCUT2D eigenvalue weighted by Crippen LogP contribution is 1.95. The summed E-state index contributed by atoms with van der Waals surface area (Å²) in [4.78, 5) is 22.6. The monoisotopic (exact) mass is 319 g/mol. The van der Waals surface area contributed by atoms with Gasteiger partial charge >= 0.3 is 0 Å². The van der Waals surface area contributed by atoms with E-state index in [1.807, 2.05) is 22.6 Å². The van der Waals surface area contributed by atoms with Crippen LogP contribution in [-0.2, 0) is 11.3 Å². The molecule has 1 aromatic heterocycles. The molecular formula is C9H10IN3O2. The molecule has 1 heterocycles. The highest BCUT2D eigenvalue weighted by Gasteiger charge is 2.04. The zero-order chi connectivity index (χ0) is 11.3. The Hall–Kier alpha value is -1.18. The van der Waals surface area contributed by atoms with Crippen LogP contribution in [0, 0.1) is 3.57 Å². The molecule has 1 amide bonds. The minimum atomic E-state index is -0.282. The summed E-state index contributed by atoms with van der Waals surface area (Å²) >= 11 is 1.99. The largest absolute Gasteiger partial charge is 0.351 e. The van der Waals surface area contributed by atoms with Crippen LogP contribution in [0.5, 0.6) is 0 Å². The lowest BCUT2D eigenvalue weighted by Gasteiger charge is -2.03. The minimum absolute atomic E-state index is 0.0659. The number of nitrogens with one attached hydrogen (secondary N) is 1. The Labute approximate surface area is 100 Å². The molecule has 0 saturated carbocycles. The molecule has 15 heavy (non-hydrogen) atoms. The van der Waals surface area contributed by atoms with Gasteiger partial charge in [-0.3, -0.25) is 9.59 Å². The second-order valence-corrected chi connectivity index (χ2v) is 4.01. The van der Waals surface area contributed by atoms with Crippen molar-refractivity contribution in [2.75, 3.05) is 6.54 Å². The van der Waals surface area contributed by atoms with E-state index in [1.54, 1.807) is 6.08 Å². The summed E-state index contributed by atoms with van der Waals surface area (Å²) in [5, 5.41) is 6.40. The van der Waals surface area contributed by atoms with Gasteiger partial charge in [-0.25, -0.2) is 4.68 Å². The fraction of sp³-hybridized carbons (Fsp3) is 0.222. The zero-order valence-corrected chi connectivity index (χ0v) is 10.1. The van der Waals surface area contributed by atoms with Crippen LogP contribution in [0.4, 0.5) is 0 Å². The predicted octanol–water partition coefficient (Wildman–Crippen LogP) is 0.150. The van der Waals surface area contributed by atoms with E-state index in [9.17, 15) is 9.59 Å². The van der Waals surface area contributed by atoms with Crippen molar-refractivity contribution in [3.05, 3.63) is 38.8 Å². The molecule has 80 valence electrons. The van der Waals surface area contributed by atoms with E-state index in [1.165, 1.54) is 12.3 Å².